The molecule has 41 heavy (non-hydrogen) atoms. The molecule has 0 bridgehead atoms. The fourth-order valence-corrected chi connectivity index (χ4v) is 4.73. The quantitative estimate of drug-likeness (QED) is 0.176. The molecule has 0 aliphatic carbocycles. The van der Waals surface area contributed by atoms with Gasteiger partial charge in [0.1, 0.15) is 5.75 Å². The first-order valence-corrected chi connectivity index (χ1v) is 13.7. The summed E-state index contributed by atoms with van der Waals surface area (Å²) < 4.78 is 5.38. The highest BCUT2D eigenvalue weighted by atomic mass is 16.5. The highest BCUT2D eigenvalue weighted by Crippen LogP contribution is 2.33. The van der Waals surface area contributed by atoms with Gasteiger partial charge in [0.2, 0.25) is 0 Å². The number of para-hydroxylation sites is 1. The number of rotatable bonds is 9. The molecule has 1 aromatic heterocycles. The number of anilines is 2. The van der Waals surface area contributed by atoms with Crippen molar-refractivity contribution in [2.45, 2.75) is 13.8 Å². The Morgan fingerprint density at radius 2 is 1.27 bits per heavy atom. The van der Waals surface area contributed by atoms with Crippen molar-refractivity contribution in [2.75, 3.05) is 12.0 Å². The Bertz CT molecular complexity index is 1670. The number of pyridine rings is 1. The van der Waals surface area contributed by atoms with Crippen LogP contribution >= 0.6 is 0 Å². The van der Waals surface area contributed by atoms with Crippen LogP contribution in [0.25, 0.3) is 28.1 Å². The Morgan fingerprint density at radius 3 is 1.85 bits per heavy atom. The van der Waals surface area contributed by atoms with E-state index < -0.39 is 0 Å². The largest absolute Gasteiger partial charge is 0.497 e. The predicted octanol–water partition coefficient (Wildman–Crippen LogP) is 10.0. The first-order chi connectivity index (χ1) is 20.1. The maximum Gasteiger partial charge on any atom is 0.119 e. The van der Waals surface area contributed by atoms with Gasteiger partial charge in [-0.2, -0.15) is 0 Å². The van der Waals surface area contributed by atoms with Gasteiger partial charge in [0, 0.05) is 28.2 Å². The third kappa shape index (κ3) is 6.54. The summed E-state index contributed by atoms with van der Waals surface area (Å²) in [7, 11) is 1.68. The standard InChI is InChI=1S/C38H34N2O/c1-5-30(21-18-29(3)40(34-14-10-7-11-15-34)35-22-24-36(41-4)25-23-35)33-26-37(31-12-8-6-9-13-31)39-38(27-33)32-19-16-28(2)17-20-32/h5-27H,3H2,1-2,4H3/b21-18-,30-5+. The summed E-state index contributed by atoms with van der Waals surface area (Å²) in [5, 5.41) is 0. The number of ether oxygens (including phenoxy) is 1. The zero-order chi connectivity index (χ0) is 28.6. The van der Waals surface area contributed by atoms with Gasteiger partial charge in [0.25, 0.3) is 0 Å². The summed E-state index contributed by atoms with van der Waals surface area (Å²) >= 11 is 0. The molecule has 0 aliphatic rings. The van der Waals surface area contributed by atoms with Gasteiger partial charge in [-0.15, -0.1) is 0 Å². The second-order valence-electron chi connectivity index (χ2n) is 9.80. The minimum absolute atomic E-state index is 0.815. The Labute approximate surface area is 243 Å². The molecule has 4 aromatic carbocycles. The van der Waals surface area contributed by atoms with Gasteiger partial charge in [0.15, 0.2) is 0 Å². The van der Waals surface area contributed by atoms with Crippen molar-refractivity contribution in [1.82, 2.24) is 4.98 Å². The van der Waals surface area contributed by atoms with Crippen LogP contribution in [0.1, 0.15) is 18.1 Å². The molecule has 0 saturated heterocycles. The van der Waals surface area contributed by atoms with E-state index in [1.165, 1.54) is 5.56 Å². The molecule has 0 saturated carbocycles. The molecular formula is C38H34N2O. The van der Waals surface area contributed by atoms with E-state index in [0.717, 1.165) is 56.5 Å². The van der Waals surface area contributed by atoms with E-state index in [0.29, 0.717) is 0 Å². The summed E-state index contributed by atoms with van der Waals surface area (Å²) in [5.41, 5.74) is 10.3. The summed E-state index contributed by atoms with van der Waals surface area (Å²) in [5.74, 6) is 0.815. The Hall–Kier alpha value is -5.15. The molecule has 5 rings (SSSR count). The van der Waals surface area contributed by atoms with Gasteiger partial charge < -0.3 is 9.64 Å². The predicted molar refractivity (Wildman–Crippen MR) is 173 cm³/mol. The van der Waals surface area contributed by atoms with Crippen LogP contribution in [-0.2, 0) is 0 Å². The topological polar surface area (TPSA) is 25.4 Å². The maximum atomic E-state index is 5.38. The van der Waals surface area contributed by atoms with Gasteiger partial charge in [-0.05, 0) is 79.6 Å². The molecule has 5 aromatic rings. The second kappa shape index (κ2) is 12.8. The first kappa shape index (κ1) is 27.4. The highest BCUT2D eigenvalue weighted by Gasteiger charge is 2.13. The first-order valence-electron chi connectivity index (χ1n) is 13.7. The van der Waals surface area contributed by atoms with Crippen molar-refractivity contribution >= 4 is 16.9 Å². The Morgan fingerprint density at radius 1 is 0.707 bits per heavy atom. The summed E-state index contributed by atoms with van der Waals surface area (Å²) in [6.07, 6.45) is 6.33. The van der Waals surface area contributed by atoms with Gasteiger partial charge >= 0.3 is 0 Å². The number of methoxy groups -OCH3 is 1. The highest BCUT2D eigenvalue weighted by molar-refractivity contribution is 5.81. The SMILES string of the molecule is C=C(/C=C\C(=C/C)c1cc(-c2ccccc2)nc(-c2ccc(C)cc2)c1)N(c1ccccc1)c1ccc(OC)cc1. The lowest BCUT2D eigenvalue weighted by molar-refractivity contribution is 0.415. The molecule has 0 atom stereocenters. The second-order valence-corrected chi connectivity index (χ2v) is 9.80. The molecule has 0 fully saturated rings. The van der Waals surface area contributed by atoms with Crippen LogP contribution in [0.2, 0.25) is 0 Å². The normalized spacial score (nSPS) is 11.4. The number of benzene rings is 4. The fourth-order valence-electron chi connectivity index (χ4n) is 4.73. The number of aryl methyl sites for hydroxylation is 1. The van der Waals surface area contributed by atoms with Crippen LogP contribution in [0.15, 0.2) is 152 Å². The molecule has 0 amide bonds. The molecule has 0 aliphatic heterocycles. The zero-order valence-electron chi connectivity index (χ0n) is 23.8. The van der Waals surface area contributed by atoms with Gasteiger partial charge in [-0.25, -0.2) is 4.98 Å². The lowest BCUT2D eigenvalue weighted by atomic mass is 9.99. The van der Waals surface area contributed by atoms with Crippen LogP contribution in [0.3, 0.4) is 0 Å². The average Bonchev–Trinajstić information content (AvgIpc) is 3.03. The number of nitrogens with zero attached hydrogens (tertiary/aromatic N) is 2. The minimum Gasteiger partial charge on any atom is -0.497 e. The number of hydrogen-bond donors (Lipinski definition) is 0. The van der Waals surface area contributed by atoms with E-state index in [4.69, 9.17) is 9.72 Å². The molecule has 0 unspecified atom stereocenters. The third-order valence-electron chi connectivity index (χ3n) is 6.97. The maximum absolute atomic E-state index is 5.38. The van der Waals surface area contributed by atoms with Crippen molar-refractivity contribution in [3.63, 3.8) is 0 Å². The number of aromatic nitrogens is 1. The summed E-state index contributed by atoms with van der Waals surface area (Å²) in [4.78, 5) is 7.19. The molecule has 3 heteroatoms. The zero-order valence-corrected chi connectivity index (χ0v) is 23.8. The lowest BCUT2D eigenvalue weighted by Gasteiger charge is -2.25. The van der Waals surface area contributed by atoms with Crippen LogP contribution < -0.4 is 9.64 Å². The van der Waals surface area contributed by atoms with Crippen LogP contribution in [0.4, 0.5) is 11.4 Å². The summed E-state index contributed by atoms with van der Waals surface area (Å²) in [6, 6.07) is 41.5. The van der Waals surface area contributed by atoms with E-state index in [1.54, 1.807) is 7.11 Å². The van der Waals surface area contributed by atoms with Crippen molar-refractivity contribution < 1.29 is 4.74 Å². The average molecular weight is 535 g/mol. The van der Waals surface area contributed by atoms with Crippen LogP contribution in [-0.4, -0.2) is 12.1 Å². The van der Waals surface area contributed by atoms with E-state index in [-0.39, 0.29) is 0 Å². The van der Waals surface area contributed by atoms with E-state index in [1.807, 2.05) is 60.7 Å². The van der Waals surface area contributed by atoms with E-state index in [2.05, 4.69) is 104 Å². The molecule has 0 spiro atoms. The Kier molecular flexibility index (Phi) is 8.56. The molecular weight excluding hydrogens is 500 g/mol. The molecule has 1 heterocycles. The number of allylic oxidation sites excluding steroid dienone is 4. The van der Waals surface area contributed by atoms with E-state index in [9.17, 15) is 0 Å². The molecule has 3 nitrogen and oxygen atoms in total. The summed E-state index contributed by atoms with van der Waals surface area (Å²) in [6.45, 7) is 8.62. The lowest BCUT2D eigenvalue weighted by Crippen LogP contribution is -2.14. The van der Waals surface area contributed by atoms with Gasteiger partial charge in [0.05, 0.1) is 18.5 Å². The smallest absolute Gasteiger partial charge is 0.119 e. The fraction of sp³-hybridized carbons (Fsp3) is 0.0789. The minimum atomic E-state index is 0.815. The number of hydrogen-bond acceptors (Lipinski definition) is 3. The van der Waals surface area contributed by atoms with Gasteiger partial charge in [-0.1, -0.05) is 97.1 Å². The van der Waals surface area contributed by atoms with Crippen molar-refractivity contribution in [1.29, 1.82) is 0 Å². The van der Waals surface area contributed by atoms with Crippen molar-refractivity contribution in [3.8, 4) is 28.3 Å². The monoisotopic (exact) mass is 534 g/mol. The van der Waals surface area contributed by atoms with Gasteiger partial charge in [-0.3, -0.25) is 0 Å². The molecule has 202 valence electrons. The Balaban J connectivity index is 1.52. The molecule has 0 N–H and O–H groups in total. The molecule has 0 radical (unpaired) electrons. The van der Waals surface area contributed by atoms with Crippen LogP contribution in [0, 0.1) is 6.92 Å². The van der Waals surface area contributed by atoms with Crippen molar-refractivity contribution in [2.24, 2.45) is 0 Å². The van der Waals surface area contributed by atoms with Crippen molar-refractivity contribution in [3.05, 3.63) is 163 Å². The van der Waals surface area contributed by atoms with E-state index >= 15 is 0 Å². The van der Waals surface area contributed by atoms with Crippen LogP contribution in [0.5, 0.6) is 5.75 Å². The third-order valence-corrected chi connectivity index (χ3v) is 6.97.